The van der Waals surface area contributed by atoms with Gasteiger partial charge < -0.3 is 0 Å². The molecule has 0 aromatic carbocycles. The molecule has 1 N–H and O–H groups in total. The number of aliphatic imine (C=N–C) groups is 1. The smallest absolute Gasteiger partial charge is 0.108 e. The summed E-state index contributed by atoms with van der Waals surface area (Å²) >= 11 is 0. The number of nitrogens with one attached hydrogen (secondary N) is 1. The molecule has 0 saturated heterocycles. The van der Waals surface area contributed by atoms with Gasteiger partial charge in [0.15, 0.2) is 0 Å². The van der Waals surface area contributed by atoms with Gasteiger partial charge in [0.2, 0.25) is 0 Å². The minimum absolute atomic E-state index is 1.51. The van der Waals surface area contributed by atoms with Gasteiger partial charge in [0.25, 0.3) is 0 Å². The zero-order valence-electron chi connectivity index (χ0n) is 3.13. The summed E-state index contributed by atoms with van der Waals surface area (Å²) in [5.41, 5.74) is 6.13. The average Bonchev–Trinajstić information content (AvgIpc) is 1.72. The molecule has 3 nitrogen and oxygen atoms in total. The quantitative estimate of drug-likeness (QED) is 0.424. The van der Waals surface area contributed by atoms with E-state index in [1.165, 1.54) is 6.34 Å². The van der Waals surface area contributed by atoms with Crippen LogP contribution in [-0.4, -0.2) is 6.34 Å². The van der Waals surface area contributed by atoms with Gasteiger partial charge in [0.05, 0.1) is 6.20 Å². The lowest BCUT2D eigenvalue weighted by atomic mass is 10.9. The van der Waals surface area contributed by atoms with Gasteiger partial charge in [-0.25, -0.2) is 4.99 Å². The number of hydrogen-bond acceptors (Lipinski definition) is 2. The van der Waals surface area contributed by atoms with Crippen LogP contribution in [0.15, 0.2) is 17.4 Å². The van der Waals surface area contributed by atoms with Crippen LogP contribution in [0, 0.1) is 0 Å². The van der Waals surface area contributed by atoms with Crippen LogP contribution < -0.4 is 10.9 Å². The Labute approximate surface area is 35.7 Å². The van der Waals surface area contributed by atoms with Gasteiger partial charge in [-0.1, -0.05) is 0 Å². The van der Waals surface area contributed by atoms with Crippen LogP contribution in [-0.2, 0) is 0 Å². The first-order valence-electron chi connectivity index (χ1n) is 1.62. The highest BCUT2D eigenvalue weighted by Gasteiger charge is 1.74. The van der Waals surface area contributed by atoms with Gasteiger partial charge in [0.1, 0.15) is 6.34 Å². The van der Waals surface area contributed by atoms with E-state index in [2.05, 4.69) is 15.8 Å². The lowest BCUT2D eigenvalue weighted by molar-refractivity contribution is 0.801. The monoisotopic (exact) mass is 82.0 g/mol. The molecule has 0 fully saturated rings. The maximum Gasteiger partial charge on any atom is 0.108 e. The molecule has 31 valence electrons. The van der Waals surface area contributed by atoms with Gasteiger partial charge in [-0.3, -0.25) is 5.43 Å². The van der Waals surface area contributed by atoms with E-state index in [9.17, 15) is 0 Å². The fourth-order valence-electron chi connectivity index (χ4n) is 0.225. The second-order valence-corrected chi connectivity index (χ2v) is 0.835. The van der Waals surface area contributed by atoms with E-state index in [-0.39, 0.29) is 0 Å². The second-order valence-electron chi connectivity index (χ2n) is 0.835. The maximum absolute atomic E-state index is 3.67. The molecule has 0 amide bonds. The minimum Gasteiger partial charge on any atom is -0.268 e. The van der Waals surface area contributed by atoms with Crippen LogP contribution in [0.25, 0.3) is 0 Å². The Morgan fingerprint density at radius 1 is 1.33 bits per heavy atom. The highest BCUT2D eigenvalue weighted by Crippen LogP contribution is 1.70. The average molecular weight is 82.1 g/mol. The van der Waals surface area contributed by atoms with Gasteiger partial charge in [-0.05, 0) is 0 Å². The third-order valence-corrected chi connectivity index (χ3v) is 0.434. The molecule has 1 heterocycles. The van der Waals surface area contributed by atoms with Crippen LogP contribution in [0.1, 0.15) is 0 Å². The Balaban J connectivity index is 2.46. The second kappa shape index (κ2) is 1.45. The zero-order chi connectivity index (χ0) is 4.24. The molecule has 0 saturated carbocycles. The lowest BCUT2D eigenvalue weighted by Crippen LogP contribution is -2.19. The van der Waals surface area contributed by atoms with Crippen LogP contribution in [0.3, 0.4) is 0 Å². The van der Waals surface area contributed by atoms with E-state index in [1.54, 1.807) is 12.4 Å². The van der Waals surface area contributed by atoms with Crippen molar-refractivity contribution in [3.05, 3.63) is 12.4 Å². The fraction of sp³-hybridized carbons (Fsp3) is 0. The Kier molecular flexibility index (Phi) is 0.774. The van der Waals surface area contributed by atoms with E-state index in [0.717, 1.165) is 0 Å². The molecule has 0 aliphatic carbocycles. The first-order valence-corrected chi connectivity index (χ1v) is 1.62. The summed E-state index contributed by atoms with van der Waals surface area (Å²) in [7, 11) is 0. The predicted octanol–water partition coefficient (Wildman–Crippen LogP) is -0.392. The summed E-state index contributed by atoms with van der Waals surface area (Å²) in [5.74, 6) is 0. The Morgan fingerprint density at radius 2 is 2.33 bits per heavy atom. The van der Waals surface area contributed by atoms with Gasteiger partial charge in [-0.2, -0.15) is 5.43 Å². The number of nitrogens with zero attached hydrogens (tertiary/aromatic N) is 2. The molecule has 1 aliphatic rings. The topological polar surface area (TPSA) is 38.5 Å². The summed E-state index contributed by atoms with van der Waals surface area (Å²) < 4.78 is 0. The molecule has 0 atom stereocenters. The largest absolute Gasteiger partial charge is 0.268 e. The zero-order valence-corrected chi connectivity index (χ0v) is 3.13. The van der Waals surface area contributed by atoms with Crippen LogP contribution in [0.5, 0.6) is 0 Å². The lowest BCUT2D eigenvalue weighted by Gasteiger charge is -1.93. The van der Waals surface area contributed by atoms with Crippen molar-refractivity contribution in [3.63, 3.8) is 0 Å². The third-order valence-electron chi connectivity index (χ3n) is 0.434. The molecular formula is C3H4N3. The SMILES string of the molecule is C1=CN=CN[N]1. The summed E-state index contributed by atoms with van der Waals surface area (Å²) in [6.07, 6.45) is 4.70. The van der Waals surface area contributed by atoms with E-state index in [1.807, 2.05) is 0 Å². The molecule has 0 bridgehead atoms. The molecule has 0 aromatic rings. The molecule has 1 aliphatic heterocycles. The fourth-order valence-corrected chi connectivity index (χ4v) is 0.225. The highest BCUT2D eigenvalue weighted by molar-refractivity contribution is 5.55. The van der Waals surface area contributed by atoms with E-state index < -0.39 is 0 Å². The molecule has 0 aromatic heterocycles. The predicted molar refractivity (Wildman–Crippen MR) is 22.9 cm³/mol. The first kappa shape index (κ1) is 3.21. The van der Waals surface area contributed by atoms with Crippen molar-refractivity contribution in [2.45, 2.75) is 0 Å². The summed E-state index contributed by atoms with van der Waals surface area (Å²) in [6.45, 7) is 0. The molecular weight excluding hydrogens is 78.1 g/mol. The Morgan fingerprint density at radius 3 is 2.50 bits per heavy atom. The maximum atomic E-state index is 3.67. The first-order chi connectivity index (χ1) is 3.00. The van der Waals surface area contributed by atoms with Gasteiger partial charge >= 0.3 is 0 Å². The number of hydrogen-bond donors (Lipinski definition) is 1. The molecule has 6 heavy (non-hydrogen) atoms. The minimum atomic E-state index is 1.51. The highest BCUT2D eigenvalue weighted by atomic mass is 15.4. The standard InChI is InChI=1S/C3H4N3/c1-2-5-6-3-4-1/h1-3H,(H,4,6). The number of rotatable bonds is 0. The van der Waals surface area contributed by atoms with Crippen molar-refractivity contribution >= 4 is 6.34 Å². The summed E-state index contributed by atoms with van der Waals surface area (Å²) in [4.78, 5) is 3.67. The van der Waals surface area contributed by atoms with Crippen molar-refractivity contribution in [1.29, 1.82) is 0 Å². The van der Waals surface area contributed by atoms with Crippen molar-refractivity contribution < 1.29 is 0 Å². The van der Waals surface area contributed by atoms with Gasteiger partial charge in [-0.15, -0.1) is 0 Å². The van der Waals surface area contributed by atoms with Crippen LogP contribution >= 0.6 is 0 Å². The van der Waals surface area contributed by atoms with Gasteiger partial charge in [0, 0.05) is 6.20 Å². The normalized spacial score (nSPS) is 16.0. The van der Waals surface area contributed by atoms with Crippen molar-refractivity contribution in [2.24, 2.45) is 4.99 Å². The molecule has 0 unspecified atom stereocenters. The summed E-state index contributed by atoms with van der Waals surface area (Å²) in [6, 6.07) is 0. The van der Waals surface area contributed by atoms with Crippen molar-refractivity contribution in [2.75, 3.05) is 0 Å². The van der Waals surface area contributed by atoms with Crippen molar-refractivity contribution in [1.82, 2.24) is 10.9 Å². The van der Waals surface area contributed by atoms with Crippen molar-refractivity contribution in [3.8, 4) is 0 Å². The third kappa shape index (κ3) is 0.484. The molecule has 0 spiro atoms. The molecule has 1 rings (SSSR count). The van der Waals surface area contributed by atoms with Crippen LogP contribution in [0.4, 0.5) is 0 Å². The molecule has 3 heteroatoms. The van der Waals surface area contributed by atoms with E-state index in [0.29, 0.717) is 0 Å². The Bertz CT molecular complexity index is 72.0. The van der Waals surface area contributed by atoms with E-state index in [4.69, 9.17) is 0 Å². The van der Waals surface area contributed by atoms with E-state index >= 15 is 0 Å². The summed E-state index contributed by atoms with van der Waals surface area (Å²) in [5, 5.41) is 0. The molecule has 1 radical (unpaired) electrons. The Hall–Kier alpha value is -0.990. The van der Waals surface area contributed by atoms with Crippen LogP contribution in [0.2, 0.25) is 0 Å².